The second-order valence-electron chi connectivity index (χ2n) is 2.07. The van der Waals surface area contributed by atoms with E-state index in [1.54, 1.807) is 0 Å². The van der Waals surface area contributed by atoms with Gasteiger partial charge in [0.1, 0.15) is 0 Å². The van der Waals surface area contributed by atoms with E-state index in [2.05, 4.69) is 0 Å². The van der Waals surface area contributed by atoms with E-state index < -0.39 is 0 Å². The molecule has 0 aromatic heterocycles. The molecule has 0 spiro atoms. The van der Waals surface area contributed by atoms with Gasteiger partial charge in [-0.05, 0) is 0 Å². The monoisotopic (exact) mass is 129 g/mol. The second-order valence-corrected chi connectivity index (χ2v) is 2.07. The molecule has 0 bridgehead atoms. The first-order valence-corrected chi connectivity index (χ1v) is 2.99. The summed E-state index contributed by atoms with van der Waals surface area (Å²) in [6.45, 7) is 0.605. The van der Waals surface area contributed by atoms with E-state index in [0.717, 1.165) is 0 Å². The molecular formula is C6H11NO2. The van der Waals surface area contributed by atoms with E-state index in [9.17, 15) is 0 Å². The predicted octanol–water partition coefficient (Wildman–Crippen LogP) is -0.739. The number of hydrogen-bond donors (Lipinski definition) is 2. The summed E-state index contributed by atoms with van der Waals surface area (Å²) < 4.78 is 5.11. The molecule has 1 heterocycles. The molecule has 0 saturated carbocycles. The summed E-state index contributed by atoms with van der Waals surface area (Å²) in [7, 11) is 0. The fourth-order valence-corrected chi connectivity index (χ4v) is 0.782. The minimum absolute atomic E-state index is 0.0188. The Hall–Kier alpha value is -0.380. The molecule has 0 aliphatic carbocycles. The molecule has 0 aromatic carbocycles. The van der Waals surface area contributed by atoms with E-state index >= 15 is 0 Å². The van der Waals surface area contributed by atoms with Gasteiger partial charge in [-0.3, -0.25) is 0 Å². The highest BCUT2D eigenvalue weighted by Gasteiger charge is 2.16. The lowest BCUT2D eigenvalue weighted by Crippen LogP contribution is -2.36. The highest BCUT2D eigenvalue weighted by Crippen LogP contribution is 2.05. The van der Waals surface area contributed by atoms with Crippen molar-refractivity contribution in [2.75, 3.05) is 13.2 Å². The van der Waals surface area contributed by atoms with Crippen LogP contribution in [0, 0.1) is 0 Å². The van der Waals surface area contributed by atoms with Gasteiger partial charge in [0.15, 0.2) is 0 Å². The maximum Gasteiger partial charge on any atom is 0.0934 e. The molecule has 0 aromatic rings. The van der Waals surface area contributed by atoms with Crippen molar-refractivity contribution in [1.82, 2.24) is 0 Å². The minimum Gasteiger partial charge on any atom is -0.395 e. The normalized spacial score (nSPS) is 28.9. The third-order valence-corrected chi connectivity index (χ3v) is 1.34. The molecule has 0 saturated heterocycles. The quantitative estimate of drug-likeness (QED) is 0.483. The van der Waals surface area contributed by atoms with E-state index in [4.69, 9.17) is 15.6 Å². The van der Waals surface area contributed by atoms with Crippen molar-refractivity contribution in [3.05, 3.63) is 12.2 Å². The zero-order valence-electron chi connectivity index (χ0n) is 5.16. The van der Waals surface area contributed by atoms with Crippen LogP contribution < -0.4 is 5.73 Å². The van der Waals surface area contributed by atoms with Gasteiger partial charge in [0.25, 0.3) is 0 Å². The van der Waals surface area contributed by atoms with E-state index in [-0.39, 0.29) is 18.8 Å². The summed E-state index contributed by atoms with van der Waals surface area (Å²) in [5.41, 5.74) is 5.45. The Morgan fingerprint density at radius 3 is 3.11 bits per heavy atom. The van der Waals surface area contributed by atoms with Crippen LogP contribution >= 0.6 is 0 Å². The van der Waals surface area contributed by atoms with Crippen molar-refractivity contribution < 1.29 is 9.84 Å². The van der Waals surface area contributed by atoms with Crippen LogP contribution in [0.5, 0.6) is 0 Å². The average molecular weight is 129 g/mol. The van der Waals surface area contributed by atoms with Gasteiger partial charge in [-0.25, -0.2) is 0 Å². The molecule has 0 unspecified atom stereocenters. The van der Waals surface area contributed by atoms with E-state index in [0.29, 0.717) is 6.61 Å². The zero-order valence-corrected chi connectivity index (χ0v) is 5.16. The van der Waals surface area contributed by atoms with Gasteiger partial charge in [0.05, 0.1) is 25.4 Å². The van der Waals surface area contributed by atoms with Crippen molar-refractivity contribution in [3.63, 3.8) is 0 Å². The SMILES string of the molecule is N[C@@H](CO)[C@H]1C=CCO1. The fourth-order valence-electron chi connectivity index (χ4n) is 0.782. The van der Waals surface area contributed by atoms with Crippen LogP contribution in [0.2, 0.25) is 0 Å². The van der Waals surface area contributed by atoms with Gasteiger partial charge in [-0.2, -0.15) is 0 Å². The molecule has 0 radical (unpaired) electrons. The molecule has 9 heavy (non-hydrogen) atoms. The molecule has 3 nitrogen and oxygen atoms in total. The van der Waals surface area contributed by atoms with E-state index in [1.807, 2.05) is 12.2 Å². The Kier molecular flexibility index (Phi) is 2.22. The largest absolute Gasteiger partial charge is 0.395 e. The van der Waals surface area contributed by atoms with Gasteiger partial charge < -0.3 is 15.6 Å². The first-order valence-electron chi connectivity index (χ1n) is 2.99. The molecule has 1 aliphatic rings. The number of ether oxygens (including phenoxy) is 1. The fraction of sp³-hybridized carbons (Fsp3) is 0.667. The summed E-state index contributed by atoms with van der Waals surface area (Å²) >= 11 is 0. The van der Waals surface area contributed by atoms with Crippen molar-refractivity contribution >= 4 is 0 Å². The standard InChI is InChI=1S/C6H11NO2/c7-5(4-8)6-2-1-3-9-6/h1-2,5-6,8H,3-4,7H2/t5-,6+/m0/s1. The van der Waals surface area contributed by atoms with Crippen LogP contribution in [-0.2, 0) is 4.74 Å². The maximum atomic E-state index is 8.56. The summed E-state index contributed by atoms with van der Waals surface area (Å²) in [5.74, 6) is 0. The Bertz CT molecular complexity index is 114. The Balaban J connectivity index is 2.33. The van der Waals surface area contributed by atoms with Crippen LogP contribution in [-0.4, -0.2) is 30.5 Å². The van der Waals surface area contributed by atoms with Gasteiger partial charge in [0.2, 0.25) is 0 Å². The van der Waals surface area contributed by atoms with Gasteiger partial charge in [-0.15, -0.1) is 0 Å². The number of nitrogens with two attached hydrogens (primary N) is 1. The molecule has 0 fully saturated rings. The lowest BCUT2D eigenvalue weighted by atomic mass is 10.2. The number of rotatable bonds is 2. The average Bonchev–Trinajstić information content (AvgIpc) is 2.37. The summed E-state index contributed by atoms with van der Waals surface area (Å²) in [5, 5.41) is 8.56. The van der Waals surface area contributed by atoms with Crippen molar-refractivity contribution in [2.45, 2.75) is 12.1 Å². The highest BCUT2D eigenvalue weighted by molar-refractivity contribution is 5.00. The van der Waals surface area contributed by atoms with Gasteiger partial charge in [-0.1, -0.05) is 12.2 Å². The predicted molar refractivity (Wildman–Crippen MR) is 33.9 cm³/mol. The molecular weight excluding hydrogens is 118 g/mol. The molecule has 1 rings (SSSR count). The molecule has 52 valence electrons. The first kappa shape index (κ1) is 6.74. The molecule has 1 aliphatic heterocycles. The van der Waals surface area contributed by atoms with Crippen LogP contribution in [0.25, 0.3) is 0 Å². The summed E-state index contributed by atoms with van der Waals surface area (Å²) in [6.07, 6.45) is 3.70. The van der Waals surface area contributed by atoms with Crippen LogP contribution in [0.15, 0.2) is 12.2 Å². The molecule has 3 N–H and O–H groups in total. The number of aliphatic hydroxyl groups is 1. The molecule has 3 heteroatoms. The molecule has 0 amide bonds. The maximum absolute atomic E-state index is 8.56. The Labute approximate surface area is 54.1 Å². The van der Waals surface area contributed by atoms with Gasteiger partial charge >= 0.3 is 0 Å². The van der Waals surface area contributed by atoms with Crippen molar-refractivity contribution in [1.29, 1.82) is 0 Å². The third kappa shape index (κ3) is 1.51. The van der Waals surface area contributed by atoms with Crippen molar-refractivity contribution in [3.8, 4) is 0 Å². The number of hydrogen-bond acceptors (Lipinski definition) is 3. The lowest BCUT2D eigenvalue weighted by molar-refractivity contribution is 0.0851. The third-order valence-electron chi connectivity index (χ3n) is 1.34. The Morgan fingerprint density at radius 2 is 2.67 bits per heavy atom. The molecule has 2 atom stereocenters. The highest BCUT2D eigenvalue weighted by atomic mass is 16.5. The van der Waals surface area contributed by atoms with Crippen molar-refractivity contribution in [2.24, 2.45) is 5.73 Å². The second kappa shape index (κ2) is 2.96. The van der Waals surface area contributed by atoms with Crippen LogP contribution in [0.3, 0.4) is 0 Å². The van der Waals surface area contributed by atoms with Crippen LogP contribution in [0.1, 0.15) is 0 Å². The summed E-state index contributed by atoms with van der Waals surface area (Å²) in [6, 6.07) is -0.260. The van der Waals surface area contributed by atoms with Crippen LogP contribution in [0.4, 0.5) is 0 Å². The van der Waals surface area contributed by atoms with E-state index in [1.165, 1.54) is 0 Å². The minimum atomic E-state index is -0.260. The first-order chi connectivity index (χ1) is 4.34. The zero-order chi connectivity index (χ0) is 6.69. The smallest absolute Gasteiger partial charge is 0.0934 e. The topological polar surface area (TPSA) is 55.5 Å². The summed E-state index contributed by atoms with van der Waals surface area (Å²) in [4.78, 5) is 0. The lowest BCUT2D eigenvalue weighted by Gasteiger charge is -2.13. The van der Waals surface area contributed by atoms with Gasteiger partial charge in [0, 0.05) is 0 Å². The Morgan fingerprint density at radius 1 is 1.89 bits per heavy atom. The number of aliphatic hydroxyl groups excluding tert-OH is 1.